The number of hydrogen-bond donors (Lipinski definition) is 0. The van der Waals surface area contributed by atoms with Gasteiger partial charge in [0, 0.05) is 0 Å². The largest absolute Gasteiger partial charge is 0.459 e. The van der Waals surface area contributed by atoms with Crippen LogP contribution in [0.3, 0.4) is 0 Å². The van der Waals surface area contributed by atoms with Crippen molar-refractivity contribution in [3.05, 3.63) is 53.7 Å². The summed E-state index contributed by atoms with van der Waals surface area (Å²) in [4.78, 5) is 16.5. The van der Waals surface area contributed by atoms with E-state index in [1.54, 1.807) is 12.1 Å². The topological polar surface area (TPSA) is 48.0 Å². The smallest absolute Gasteiger partial charge is 0.299 e. The summed E-state index contributed by atoms with van der Waals surface area (Å²) in [6.45, 7) is 4.05. The van der Waals surface area contributed by atoms with Gasteiger partial charge in [0.1, 0.15) is 6.33 Å². The van der Waals surface area contributed by atoms with Crippen LogP contribution >= 0.6 is 0 Å². The summed E-state index contributed by atoms with van der Waals surface area (Å²) in [5, 5.41) is 0. The maximum Gasteiger partial charge on any atom is 0.299 e. The number of hydrogen-bond acceptors (Lipinski definition) is 3. The molecule has 0 bridgehead atoms. The minimum Gasteiger partial charge on any atom is -0.459 e. The van der Waals surface area contributed by atoms with Crippen molar-refractivity contribution < 1.29 is 9.21 Å². The van der Waals surface area contributed by atoms with E-state index in [1.807, 2.05) is 26.0 Å². The Labute approximate surface area is 104 Å². The quantitative estimate of drug-likeness (QED) is 0.657. The summed E-state index contributed by atoms with van der Waals surface area (Å²) in [7, 11) is 0. The standard InChI is InChI=1S/C14H12N2O2/c1-9-6-11-12(7-10(9)2)16(8-15-11)14(17)13-4-3-5-18-13/h3-8H,1-2H3. The van der Waals surface area contributed by atoms with Gasteiger partial charge in [0.25, 0.3) is 5.91 Å². The van der Waals surface area contributed by atoms with Gasteiger partial charge in [-0.1, -0.05) is 0 Å². The normalized spacial score (nSPS) is 11.0. The van der Waals surface area contributed by atoms with Crippen LogP contribution in [0.15, 0.2) is 41.3 Å². The van der Waals surface area contributed by atoms with Crippen molar-refractivity contribution in [2.75, 3.05) is 0 Å². The van der Waals surface area contributed by atoms with Crippen LogP contribution in [0.4, 0.5) is 0 Å². The first-order valence-electron chi connectivity index (χ1n) is 5.69. The van der Waals surface area contributed by atoms with Crippen LogP contribution in [-0.4, -0.2) is 15.5 Å². The molecule has 0 amide bonds. The Balaban J connectivity index is 2.19. The highest BCUT2D eigenvalue weighted by atomic mass is 16.3. The van der Waals surface area contributed by atoms with Crippen molar-refractivity contribution >= 4 is 16.9 Å². The molecule has 0 aliphatic carbocycles. The third-order valence-electron chi connectivity index (χ3n) is 3.11. The van der Waals surface area contributed by atoms with E-state index in [4.69, 9.17) is 4.42 Å². The molecule has 4 heteroatoms. The van der Waals surface area contributed by atoms with Gasteiger partial charge in [-0.2, -0.15) is 0 Å². The van der Waals surface area contributed by atoms with E-state index in [0.717, 1.165) is 22.2 Å². The molecule has 0 saturated heterocycles. The second-order valence-corrected chi connectivity index (χ2v) is 4.32. The van der Waals surface area contributed by atoms with Gasteiger partial charge in [-0.3, -0.25) is 9.36 Å². The zero-order chi connectivity index (χ0) is 12.7. The van der Waals surface area contributed by atoms with E-state index < -0.39 is 0 Å². The molecule has 0 aliphatic rings. The lowest BCUT2D eigenvalue weighted by Crippen LogP contribution is -2.09. The maximum atomic E-state index is 12.2. The Morgan fingerprint density at radius 2 is 2.06 bits per heavy atom. The highest BCUT2D eigenvalue weighted by Crippen LogP contribution is 2.19. The van der Waals surface area contributed by atoms with E-state index in [0.29, 0.717) is 5.76 Å². The SMILES string of the molecule is Cc1cc2ncn(C(=O)c3ccco3)c2cc1C. The fourth-order valence-electron chi connectivity index (χ4n) is 1.95. The van der Waals surface area contributed by atoms with Crippen molar-refractivity contribution in [3.8, 4) is 0 Å². The van der Waals surface area contributed by atoms with E-state index in [1.165, 1.54) is 17.2 Å². The van der Waals surface area contributed by atoms with E-state index in [2.05, 4.69) is 4.98 Å². The van der Waals surface area contributed by atoms with Crippen LogP contribution in [0, 0.1) is 13.8 Å². The third-order valence-corrected chi connectivity index (χ3v) is 3.11. The summed E-state index contributed by atoms with van der Waals surface area (Å²) >= 11 is 0. The van der Waals surface area contributed by atoms with Crippen molar-refractivity contribution in [2.45, 2.75) is 13.8 Å². The van der Waals surface area contributed by atoms with Gasteiger partial charge in [0.05, 0.1) is 17.3 Å². The number of carbonyl (C=O) groups is 1. The van der Waals surface area contributed by atoms with Crippen LogP contribution in [0.25, 0.3) is 11.0 Å². The number of rotatable bonds is 1. The molecule has 3 rings (SSSR count). The average Bonchev–Trinajstić information content (AvgIpc) is 2.98. The molecule has 3 aromatic rings. The summed E-state index contributed by atoms with van der Waals surface area (Å²) in [6.07, 6.45) is 3.02. The van der Waals surface area contributed by atoms with Gasteiger partial charge in [0.2, 0.25) is 0 Å². The van der Waals surface area contributed by atoms with Gasteiger partial charge < -0.3 is 4.42 Å². The second kappa shape index (κ2) is 3.84. The lowest BCUT2D eigenvalue weighted by Gasteiger charge is -2.03. The number of furan rings is 1. The average molecular weight is 240 g/mol. The Bertz CT molecular complexity index is 724. The summed E-state index contributed by atoms with van der Waals surface area (Å²) in [5.74, 6) is 0.110. The number of imidazole rings is 1. The minimum absolute atomic E-state index is 0.203. The van der Waals surface area contributed by atoms with Crippen LogP contribution < -0.4 is 0 Å². The van der Waals surface area contributed by atoms with Gasteiger partial charge in [-0.25, -0.2) is 4.98 Å². The second-order valence-electron chi connectivity index (χ2n) is 4.32. The lowest BCUT2D eigenvalue weighted by molar-refractivity contribution is 0.0937. The molecule has 1 aromatic carbocycles. The Morgan fingerprint density at radius 1 is 1.28 bits per heavy atom. The molecular weight excluding hydrogens is 228 g/mol. The summed E-state index contributed by atoms with van der Waals surface area (Å²) in [6, 6.07) is 7.30. The number of nitrogens with zero attached hydrogens (tertiary/aromatic N) is 2. The van der Waals surface area contributed by atoms with Crippen LogP contribution in [0.2, 0.25) is 0 Å². The highest BCUT2D eigenvalue weighted by molar-refractivity contribution is 5.99. The molecule has 0 aliphatic heterocycles. The number of benzene rings is 1. The minimum atomic E-state index is -0.203. The zero-order valence-electron chi connectivity index (χ0n) is 10.2. The van der Waals surface area contributed by atoms with E-state index >= 15 is 0 Å². The number of fused-ring (bicyclic) bond motifs is 1. The molecule has 0 radical (unpaired) electrons. The molecule has 18 heavy (non-hydrogen) atoms. The van der Waals surface area contributed by atoms with Crippen molar-refractivity contribution in [1.29, 1.82) is 0 Å². The van der Waals surface area contributed by atoms with Crippen LogP contribution in [0.5, 0.6) is 0 Å². The van der Waals surface area contributed by atoms with Crippen LogP contribution in [0.1, 0.15) is 21.7 Å². The van der Waals surface area contributed by atoms with Crippen LogP contribution in [-0.2, 0) is 0 Å². The number of aryl methyl sites for hydroxylation is 2. The van der Waals surface area contributed by atoms with E-state index in [-0.39, 0.29) is 5.91 Å². The molecule has 0 spiro atoms. The highest BCUT2D eigenvalue weighted by Gasteiger charge is 2.15. The molecule has 0 fully saturated rings. The van der Waals surface area contributed by atoms with Crippen molar-refractivity contribution in [3.63, 3.8) is 0 Å². The fourth-order valence-corrected chi connectivity index (χ4v) is 1.95. The first-order valence-corrected chi connectivity index (χ1v) is 5.69. The molecular formula is C14H12N2O2. The molecule has 90 valence electrons. The molecule has 0 saturated carbocycles. The number of carbonyl (C=O) groups excluding carboxylic acids is 1. The Morgan fingerprint density at radius 3 is 2.78 bits per heavy atom. The Hall–Kier alpha value is -2.36. The number of aromatic nitrogens is 2. The molecule has 0 atom stereocenters. The predicted octanol–water partition coefficient (Wildman–Crippen LogP) is 2.93. The summed E-state index contributed by atoms with van der Waals surface area (Å²) in [5.41, 5.74) is 3.92. The first kappa shape index (κ1) is 10.8. The van der Waals surface area contributed by atoms with E-state index in [9.17, 15) is 4.79 Å². The Kier molecular flexibility index (Phi) is 2.30. The van der Waals surface area contributed by atoms with Crippen molar-refractivity contribution in [2.24, 2.45) is 0 Å². The molecule has 4 nitrogen and oxygen atoms in total. The monoisotopic (exact) mass is 240 g/mol. The maximum absolute atomic E-state index is 12.2. The zero-order valence-corrected chi connectivity index (χ0v) is 10.2. The molecule has 2 heterocycles. The van der Waals surface area contributed by atoms with Crippen molar-refractivity contribution in [1.82, 2.24) is 9.55 Å². The third kappa shape index (κ3) is 1.54. The molecule has 0 N–H and O–H groups in total. The molecule has 2 aromatic heterocycles. The van der Waals surface area contributed by atoms with Gasteiger partial charge in [0.15, 0.2) is 5.76 Å². The molecule has 0 unspecified atom stereocenters. The fraction of sp³-hybridized carbons (Fsp3) is 0.143. The van der Waals surface area contributed by atoms with Gasteiger partial charge in [-0.15, -0.1) is 0 Å². The van der Waals surface area contributed by atoms with Gasteiger partial charge in [-0.05, 0) is 49.2 Å². The first-order chi connectivity index (χ1) is 8.66. The predicted molar refractivity (Wildman–Crippen MR) is 67.6 cm³/mol. The lowest BCUT2D eigenvalue weighted by atomic mass is 10.1. The van der Waals surface area contributed by atoms with Gasteiger partial charge >= 0.3 is 0 Å². The summed E-state index contributed by atoms with van der Waals surface area (Å²) < 4.78 is 6.64.